The first-order valence-electron chi connectivity index (χ1n) is 10.5. The van der Waals surface area contributed by atoms with Crippen molar-refractivity contribution in [1.29, 1.82) is 0 Å². The molecule has 0 bridgehead atoms. The number of hydrogen-bond acceptors (Lipinski definition) is 4. The number of aromatic nitrogens is 4. The average Bonchev–Trinajstić information content (AvgIpc) is 2.82. The second-order valence-electron chi connectivity index (χ2n) is 7.15. The Kier molecular flexibility index (Phi) is 9.19. The maximum absolute atomic E-state index is 4.10. The van der Waals surface area contributed by atoms with Crippen LogP contribution >= 0.6 is 0 Å². The molecule has 152 valence electrons. The smallest absolute Gasteiger partial charge is 0.0299 e. The van der Waals surface area contributed by atoms with Crippen LogP contribution in [-0.2, 0) is 25.7 Å². The molecule has 30 heavy (non-hydrogen) atoms. The molecule has 4 aromatic heterocycles. The van der Waals surface area contributed by atoms with Crippen LogP contribution in [0.4, 0.5) is 0 Å². The van der Waals surface area contributed by atoms with Crippen molar-refractivity contribution in [2.75, 3.05) is 0 Å². The highest BCUT2D eigenvalue weighted by Crippen LogP contribution is 2.07. The largest absolute Gasteiger partial charge is 0.264 e. The molecule has 4 heterocycles. The van der Waals surface area contributed by atoms with Gasteiger partial charge in [0.25, 0.3) is 0 Å². The Morgan fingerprint density at radius 2 is 0.667 bits per heavy atom. The van der Waals surface area contributed by atoms with Crippen molar-refractivity contribution in [2.24, 2.45) is 0 Å². The number of rotatable bonds is 8. The molecule has 0 spiro atoms. The highest BCUT2D eigenvalue weighted by Gasteiger charge is 1.96. The Bertz CT molecular complexity index is 770. The molecule has 4 nitrogen and oxygen atoms in total. The SMILES string of the molecule is c1cncc(CCCc2cccnc2)c1.c1cncc(CCCc2cccnc2)c1. The second-order valence-corrected chi connectivity index (χ2v) is 7.15. The van der Waals surface area contributed by atoms with Gasteiger partial charge >= 0.3 is 0 Å². The summed E-state index contributed by atoms with van der Waals surface area (Å²) in [6.45, 7) is 0. The molecule has 0 aliphatic heterocycles. The van der Waals surface area contributed by atoms with Crippen molar-refractivity contribution in [3.8, 4) is 0 Å². The molecule has 0 N–H and O–H groups in total. The van der Waals surface area contributed by atoms with Crippen LogP contribution in [-0.4, -0.2) is 19.9 Å². The summed E-state index contributed by atoms with van der Waals surface area (Å²) in [5, 5.41) is 0. The molecule has 0 radical (unpaired) electrons. The Hall–Kier alpha value is -3.40. The minimum atomic E-state index is 1.09. The van der Waals surface area contributed by atoms with Gasteiger partial charge in [-0.25, -0.2) is 0 Å². The quantitative estimate of drug-likeness (QED) is 0.405. The van der Waals surface area contributed by atoms with Crippen molar-refractivity contribution >= 4 is 0 Å². The Morgan fingerprint density at radius 1 is 0.400 bits per heavy atom. The Balaban J connectivity index is 0.000000171. The van der Waals surface area contributed by atoms with Gasteiger partial charge in [-0.15, -0.1) is 0 Å². The molecular formula is C26H28N4. The monoisotopic (exact) mass is 396 g/mol. The number of nitrogens with zero attached hydrogens (tertiary/aromatic N) is 4. The van der Waals surface area contributed by atoms with Gasteiger partial charge in [0, 0.05) is 49.6 Å². The summed E-state index contributed by atoms with van der Waals surface area (Å²) in [6.07, 6.45) is 21.6. The van der Waals surface area contributed by atoms with Crippen LogP contribution in [0.5, 0.6) is 0 Å². The molecule has 4 aromatic rings. The zero-order chi connectivity index (χ0) is 20.7. The lowest BCUT2D eigenvalue weighted by Crippen LogP contribution is -1.90. The van der Waals surface area contributed by atoms with Crippen LogP contribution in [0.2, 0.25) is 0 Å². The third-order valence-electron chi connectivity index (χ3n) is 4.75. The van der Waals surface area contributed by atoms with E-state index in [-0.39, 0.29) is 0 Å². The fourth-order valence-electron chi connectivity index (χ4n) is 3.18. The van der Waals surface area contributed by atoms with E-state index in [0.29, 0.717) is 0 Å². The van der Waals surface area contributed by atoms with Gasteiger partial charge in [-0.2, -0.15) is 0 Å². The van der Waals surface area contributed by atoms with E-state index in [1.807, 2.05) is 73.8 Å². The van der Waals surface area contributed by atoms with E-state index < -0.39 is 0 Å². The van der Waals surface area contributed by atoms with Gasteiger partial charge in [-0.05, 0) is 85.0 Å². The van der Waals surface area contributed by atoms with Crippen molar-refractivity contribution in [1.82, 2.24) is 19.9 Å². The summed E-state index contributed by atoms with van der Waals surface area (Å²) in [5.74, 6) is 0. The highest BCUT2D eigenvalue weighted by molar-refractivity contribution is 5.12. The number of hydrogen-bond donors (Lipinski definition) is 0. The van der Waals surface area contributed by atoms with Crippen LogP contribution < -0.4 is 0 Å². The van der Waals surface area contributed by atoms with Gasteiger partial charge in [0.1, 0.15) is 0 Å². The van der Waals surface area contributed by atoms with Crippen LogP contribution in [0.3, 0.4) is 0 Å². The van der Waals surface area contributed by atoms with Gasteiger partial charge in [-0.1, -0.05) is 24.3 Å². The number of aryl methyl sites for hydroxylation is 4. The lowest BCUT2D eigenvalue weighted by atomic mass is 10.1. The van der Waals surface area contributed by atoms with Crippen molar-refractivity contribution in [3.63, 3.8) is 0 Å². The fraction of sp³-hybridized carbons (Fsp3) is 0.231. The molecule has 4 rings (SSSR count). The lowest BCUT2D eigenvalue weighted by Gasteiger charge is -2.00. The molecule has 0 aliphatic rings. The van der Waals surface area contributed by atoms with Gasteiger partial charge in [-0.3, -0.25) is 19.9 Å². The van der Waals surface area contributed by atoms with E-state index in [1.165, 1.54) is 22.3 Å². The molecule has 4 heteroatoms. The minimum absolute atomic E-state index is 1.09. The van der Waals surface area contributed by atoms with Crippen LogP contribution in [0.25, 0.3) is 0 Å². The van der Waals surface area contributed by atoms with Gasteiger partial charge in [0.2, 0.25) is 0 Å². The standard InChI is InChI=1S/2C13H14N2/c2*1(4-12-6-2-8-14-10-12)5-13-7-3-9-15-11-13/h2*2-3,6-11H,1,4-5H2. The van der Waals surface area contributed by atoms with Crippen molar-refractivity contribution in [2.45, 2.75) is 38.5 Å². The van der Waals surface area contributed by atoms with E-state index in [2.05, 4.69) is 44.2 Å². The van der Waals surface area contributed by atoms with Crippen LogP contribution in [0.15, 0.2) is 98.1 Å². The van der Waals surface area contributed by atoms with Crippen LogP contribution in [0, 0.1) is 0 Å². The van der Waals surface area contributed by atoms with E-state index in [4.69, 9.17) is 0 Å². The Morgan fingerprint density at radius 3 is 0.867 bits per heavy atom. The van der Waals surface area contributed by atoms with Crippen molar-refractivity contribution < 1.29 is 0 Å². The molecule has 0 atom stereocenters. The normalized spacial score (nSPS) is 10.1. The van der Waals surface area contributed by atoms with Gasteiger partial charge in [0.15, 0.2) is 0 Å². The molecule has 0 amide bonds. The molecule has 0 saturated heterocycles. The summed E-state index contributed by atoms with van der Waals surface area (Å²) in [6, 6.07) is 16.4. The van der Waals surface area contributed by atoms with E-state index in [0.717, 1.165) is 38.5 Å². The fourth-order valence-corrected chi connectivity index (χ4v) is 3.18. The molecule has 0 aromatic carbocycles. The molecule has 0 fully saturated rings. The topological polar surface area (TPSA) is 51.6 Å². The van der Waals surface area contributed by atoms with E-state index in [1.54, 1.807) is 0 Å². The van der Waals surface area contributed by atoms with E-state index >= 15 is 0 Å². The predicted molar refractivity (Wildman–Crippen MR) is 121 cm³/mol. The maximum atomic E-state index is 4.10. The zero-order valence-electron chi connectivity index (χ0n) is 17.3. The summed E-state index contributed by atoms with van der Waals surface area (Å²) < 4.78 is 0. The first kappa shape index (κ1) is 21.3. The summed E-state index contributed by atoms with van der Waals surface area (Å²) in [7, 11) is 0. The summed E-state index contributed by atoms with van der Waals surface area (Å²) in [4.78, 5) is 16.4. The predicted octanol–water partition coefficient (Wildman–Crippen LogP) is 5.30. The third kappa shape index (κ3) is 8.31. The highest BCUT2D eigenvalue weighted by atomic mass is 14.6. The average molecular weight is 397 g/mol. The Labute approximate surface area is 179 Å². The summed E-state index contributed by atoms with van der Waals surface area (Å²) >= 11 is 0. The third-order valence-corrected chi connectivity index (χ3v) is 4.75. The minimum Gasteiger partial charge on any atom is -0.264 e. The van der Waals surface area contributed by atoms with Gasteiger partial charge < -0.3 is 0 Å². The summed E-state index contributed by atoms with van der Waals surface area (Å²) in [5.41, 5.74) is 5.23. The lowest BCUT2D eigenvalue weighted by molar-refractivity contribution is 0.813. The number of pyridine rings is 4. The zero-order valence-corrected chi connectivity index (χ0v) is 17.3. The molecule has 0 saturated carbocycles. The van der Waals surface area contributed by atoms with E-state index in [9.17, 15) is 0 Å². The van der Waals surface area contributed by atoms with Crippen LogP contribution in [0.1, 0.15) is 35.1 Å². The first-order chi connectivity index (χ1) is 14.9. The first-order valence-corrected chi connectivity index (χ1v) is 10.5. The second kappa shape index (κ2) is 12.9. The molecular weight excluding hydrogens is 368 g/mol. The van der Waals surface area contributed by atoms with Crippen molar-refractivity contribution in [3.05, 3.63) is 120 Å². The maximum Gasteiger partial charge on any atom is 0.0299 e. The van der Waals surface area contributed by atoms with Gasteiger partial charge in [0.05, 0.1) is 0 Å². The molecule has 0 unspecified atom stereocenters. The molecule has 0 aliphatic carbocycles.